The third-order valence-corrected chi connectivity index (χ3v) is 3.70. The molecule has 3 N–H and O–H groups in total. The Labute approximate surface area is 149 Å². The number of nitro groups is 1. The molecule has 0 aliphatic rings. The first-order chi connectivity index (χ1) is 11.4. The fourth-order valence-corrected chi connectivity index (χ4v) is 2.40. The van der Waals surface area contributed by atoms with Gasteiger partial charge in [-0.15, -0.1) is 0 Å². The number of rotatable bonds is 10. The number of carbonyl (C=O) groups excluding carboxylic acids is 1. The monoisotopic (exact) mass is 403 g/mol. The summed E-state index contributed by atoms with van der Waals surface area (Å²) in [6.45, 7) is 2.86. The fraction of sp³-hybridized carbons (Fsp3) is 0.533. The van der Waals surface area contributed by atoms with Crippen molar-refractivity contribution in [1.29, 1.82) is 0 Å². The van der Waals surface area contributed by atoms with Gasteiger partial charge < -0.3 is 20.5 Å². The Morgan fingerprint density at radius 3 is 2.71 bits per heavy atom. The van der Waals surface area contributed by atoms with Crippen LogP contribution in [0, 0.1) is 10.1 Å². The summed E-state index contributed by atoms with van der Waals surface area (Å²) in [7, 11) is 1.47. The lowest BCUT2D eigenvalue weighted by molar-refractivity contribution is -0.385. The lowest BCUT2D eigenvalue weighted by Crippen LogP contribution is -2.29. The molecular weight excluding hydrogens is 382 g/mol. The molecule has 0 aromatic heterocycles. The van der Waals surface area contributed by atoms with E-state index in [4.69, 9.17) is 15.2 Å². The number of ether oxygens (including phenoxy) is 2. The SMILES string of the molecule is COc1cc(C(C)Br)c([N+](=O)[O-])cc1OCCCC(=O)NCCN. The summed E-state index contributed by atoms with van der Waals surface area (Å²) in [6, 6.07) is 2.93. The van der Waals surface area contributed by atoms with Crippen molar-refractivity contribution in [1.82, 2.24) is 5.32 Å². The van der Waals surface area contributed by atoms with E-state index < -0.39 is 4.92 Å². The van der Waals surface area contributed by atoms with Crippen molar-refractivity contribution >= 4 is 27.5 Å². The maximum absolute atomic E-state index is 11.5. The third-order valence-electron chi connectivity index (χ3n) is 3.21. The number of alkyl halides is 1. The van der Waals surface area contributed by atoms with Crippen molar-refractivity contribution in [3.63, 3.8) is 0 Å². The van der Waals surface area contributed by atoms with Crippen molar-refractivity contribution in [3.8, 4) is 11.5 Å². The van der Waals surface area contributed by atoms with Gasteiger partial charge in [-0.25, -0.2) is 0 Å². The summed E-state index contributed by atoms with van der Waals surface area (Å²) in [5, 5.41) is 13.9. The summed E-state index contributed by atoms with van der Waals surface area (Å²) in [5.74, 6) is 0.586. The molecule has 0 aliphatic heterocycles. The summed E-state index contributed by atoms with van der Waals surface area (Å²) in [6.07, 6.45) is 0.769. The molecule has 0 fully saturated rings. The Morgan fingerprint density at radius 1 is 1.46 bits per heavy atom. The van der Waals surface area contributed by atoms with Crippen LogP contribution in [0.15, 0.2) is 12.1 Å². The Bertz CT molecular complexity index is 580. The van der Waals surface area contributed by atoms with Crippen molar-refractivity contribution in [3.05, 3.63) is 27.8 Å². The third kappa shape index (κ3) is 5.97. The fourth-order valence-electron chi connectivity index (χ4n) is 2.03. The molecule has 0 spiro atoms. The topological polar surface area (TPSA) is 117 Å². The molecular formula is C15H22BrN3O5. The molecule has 1 atom stereocenters. The summed E-state index contributed by atoms with van der Waals surface area (Å²) in [4.78, 5) is 22.0. The maximum atomic E-state index is 11.5. The van der Waals surface area contributed by atoms with Gasteiger partial charge >= 0.3 is 0 Å². The van der Waals surface area contributed by atoms with Crippen LogP contribution in [0.2, 0.25) is 0 Å². The molecule has 8 nitrogen and oxygen atoms in total. The first-order valence-corrected chi connectivity index (χ1v) is 8.42. The van der Waals surface area contributed by atoms with E-state index in [1.165, 1.54) is 13.2 Å². The number of amides is 1. The summed E-state index contributed by atoms with van der Waals surface area (Å²) in [5.41, 5.74) is 5.76. The minimum absolute atomic E-state index is 0.0455. The van der Waals surface area contributed by atoms with Gasteiger partial charge in [-0.3, -0.25) is 14.9 Å². The molecule has 9 heteroatoms. The average molecular weight is 404 g/mol. The molecule has 0 radical (unpaired) electrons. The van der Waals surface area contributed by atoms with Crippen LogP contribution in [-0.2, 0) is 4.79 Å². The molecule has 1 unspecified atom stereocenters. The molecule has 0 aliphatic carbocycles. The van der Waals surface area contributed by atoms with E-state index >= 15 is 0 Å². The number of carbonyl (C=O) groups is 1. The molecule has 1 aromatic carbocycles. The maximum Gasteiger partial charge on any atom is 0.277 e. The number of halogens is 1. The smallest absolute Gasteiger partial charge is 0.277 e. The van der Waals surface area contributed by atoms with Gasteiger partial charge in [0, 0.05) is 29.9 Å². The van der Waals surface area contributed by atoms with Crippen LogP contribution in [0.1, 0.15) is 30.2 Å². The van der Waals surface area contributed by atoms with E-state index in [2.05, 4.69) is 21.2 Å². The van der Waals surface area contributed by atoms with Gasteiger partial charge in [-0.05, 0) is 19.4 Å². The number of methoxy groups -OCH3 is 1. The zero-order valence-electron chi connectivity index (χ0n) is 13.7. The molecule has 0 heterocycles. The van der Waals surface area contributed by atoms with Crippen LogP contribution in [0.5, 0.6) is 11.5 Å². The van der Waals surface area contributed by atoms with E-state index in [-0.39, 0.29) is 28.8 Å². The van der Waals surface area contributed by atoms with E-state index in [9.17, 15) is 14.9 Å². The number of nitro benzene ring substituents is 1. The first-order valence-electron chi connectivity index (χ1n) is 7.50. The molecule has 0 saturated carbocycles. The molecule has 134 valence electrons. The Balaban J connectivity index is 2.75. The number of nitrogens with one attached hydrogen (secondary N) is 1. The van der Waals surface area contributed by atoms with Crippen LogP contribution in [-0.4, -0.2) is 37.6 Å². The van der Waals surface area contributed by atoms with Gasteiger partial charge in [0.2, 0.25) is 5.91 Å². The van der Waals surface area contributed by atoms with Crippen LogP contribution in [0.25, 0.3) is 0 Å². The second-order valence-electron chi connectivity index (χ2n) is 5.03. The second kappa shape index (κ2) is 10.1. The highest BCUT2D eigenvalue weighted by atomic mass is 79.9. The van der Waals surface area contributed by atoms with Crippen LogP contribution < -0.4 is 20.5 Å². The Hall–Kier alpha value is -1.87. The first kappa shape index (κ1) is 20.2. The molecule has 24 heavy (non-hydrogen) atoms. The molecule has 0 bridgehead atoms. The number of nitrogens with zero attached hydrogens (tertiary/aromatic N) is 1. The van der Waals surface area contributed by atoms with Gasteiger partial charge in [0.25, 0.3) is 5.69 Å². The number of hydrogen-bond donors (Lipinski definition) is 2. The summed E-state index contributed by atoms with van der Waals surface area (Å²) >= 11 is 3.34. The second-order valence-corrected chi connectivity index (χ2v) is 6.40. The zero-order chi connectivity index (χ0) is 18.1. The number of hydrogen-bond acceptors (Lipinski definition) is 6. The minimum atomic E-state index is -0.459. The highest BCUT2D eigenvalue weighted by Gasteiger charge is 2.22. The lowest BCUT2D eigenvalue weighted by atomic mass is 10.1. The van der Waals surface area contributed by atoms with E-state index in [0.29, 0.717) is 37.2 Å². The molecule has 1 rings (SSSR count). The normalized spacial score (nSPS) is 11.7. The van der Waals surface area contributed by atoms with Gasteiger partial charge in [0.05, 0.1) is 24.7 Å². The molecule has 1 amide bonds. The van der Waals surface area contributed by atoms with Crippen LogP contribution in [0.3, 0.4) is 0 Å². The van der Waals surface area contributed by atoms with Gasteiger partial charge in [0.15, 0.2) is 11.5 Å². The van der Waals surface area contributed by atoms with Crippen molar-refractivity contribution in [2.75, 3.05) is 26.8 Å². The molecule has 0 saturated heterocycles. The van der Waals surface area contributed by atoms with E-state index in [1.54, 1.807) is 13.0 Å². The van der Waals surface area contributed by atoms with Crippen LogP contribution in [0.4, 0.5) is 5.69 Å². The standard InChI is InChI=1S/C15H22BrN3O5/c1-10(16)11-8-13(23-2)14(9-12(11)19(21)22)24-7-3-4-15(20)18-6-5-17/h8-10H,3-7,17H2,1-2H3,(H,18,20). The Kier molecular flexibility index (Phi) is 8.48. The quantitative estimate of drug-likeness (QED) is 0.268. The summed E-state index contributed by atoms with van der Waals surface area (Å²) < 4.78 is 10.8. The highest BCUT2D eigenvalue weighted by molar-refractivity contribution is 9.09. The van der Waals surface area contributed by atoms with Crippen molar-refractivity contribution in [2.45, 2.75) is 24.6 Å². The average Bonchev–Trinajstić information content (AvgIpc) is 2.55. The lowest BCUT2D eigenvalue weighted by Gasteiger charge is -2.13. The van der Waals surface area contributed by atoms with E-state index in [1.807, 2.05) is 0 Å². The van der Waals surface area contributed by atoms with Crippen molar-refractivity contribution < 1.29 is 19.2 Å². The predicted octanol–water partition coefficient (Wildman–Crippen LogP) is 2.29. The van der Waals surface area contributed by atoms with E-state index in [0.717, 1.165) is 0 Å². The van der Waals surface area contributed by atoms with Gasteiger partial charge in [0.1, 0.15) is 0 Å². The van der Waals surface area contributed by atoms with Crippen LogP contribution >= 0.6 is 15.9 Å². The van der Waals surface area contributed by atoms with Gasteiger partial charge in [-0.1, -0.05) is 15.9 Å². The van der Waals surface area contributed by atoms with Gasteiger partial charge in [-0.2, -0.15) is 0 Å². The molecule has 1 aromatic rings. The minimum Gasteiger partial charge on any atom is -0.493 e. The largest absolute Gasteiger partial charge is 0.493 e. The number of benzene rings is 1. The van der Waals surface area contributed by atoms with Crippen molar-refractivity contribution in [2.24, 2.45) is 5.73 Å². The highest BCUT2D eigenvalue weighted by Crippen LogP contribution is 2.39. The Morgan fingerprint density at radius 2 is 2.17 bits per heavy atom. The number of nitrogens with two attached hydrogens (primary N) is 1. The predicted molar refractivity (Wildman–Crippen MR) is 93.8 cm³/mol. The zero-order valence-corrected chi connectivity index (χ0v) is 15.3.